The molecule has 0 aromatic heterocycles. The molecule has 41 heavy (non-hydrogen) atoms. The first kappa shape index (κ1) is 32.7. The topological polar surface area (TPSA) is 161 Å². The third-order valence-corrected chi connectivity index (χ3v) is 9.50. The van der Waals surface area contributed by atoms with Crippen LogP contribution in [0.25, 0.3) is 0 Å². The maximum Gasteiger partial charge on any atom is 0.242 e. The Balaban J connectivity index is 0.00000462. The van der Waals surface area contributed by atoms with Gasteiger partial charge in [-0.15, -0.1) is 12.4 Å². The number of nitrogen functional groups attached to an aromatic ring is 1. The van der Waals surface area contributed by atoms with Crippen LogP contribution in [0.15, 0.2) is 24.3 Å². The lowest BCUT2D eigenvalue weighted by molar-refractivity contribution is -0.134. The van der Waals surface area contributed by atoms with Crippen LogP contribution in [0.4, 0.5) is 0 Å². The van der Waals surface area contributed by atoms with Gasteiger partial charge in [0.05, 0.1) is 0 Å². The van der Waals surface area contributed by atoms with Gasteiger partial charge in [-0.25, -0.2) is 0 Å². The summed E-state index contributed by atoms with van der Waals surface area (Å²) in [5, 5.41) is 21.8. The quantitative estimate of drug-likeness (QED) is 0.180. The van der Waals surface area contributed by atoms with Gasteiger partial charge in [-0.05, 0) is 68.3 Å². The number of carbonyl (C=O) groups excluding carboxylic acids is 2. The zero-order valence-corrected chi connectivity index (χ0v) is 25.2. The van der Waals surface area contributed by atoms with Gasteiger partial charge in [-0.1, -0.05) is 62.8 Å². The predicted octanol–water partition coefficient (Wildman–Crippen LogP) is 3.92. The molecule has 2 saturated carbocycles. The number of benzene rings is 1. The Bertz CT molecular complexity index is 1010. The fourth-order valence-electron chi connectivity index (χ4n) is 6.94. The molecule has 1 saturated heterocycles. The fourth-order valence-corrected chi connectivity index (χ4v) is 6.94. The highest BCUT2D eigenvalue weighted by Gasteiger charge is 2.36. The summed E-state index contributed by atoms with van der Waals surface area (Å²) in [7, 11) is 0. The molecule has 228 valence electrons. The average Bonchev–Trinajstić information content (AvgIpc) is 2.98. The third kappa shape index (κ3) is 9.35. The van der Waals surface area contributed by atoms with Crippen molar-refractivity contribution < 1.29 is 9.59 Å². The number of guanidine groups is 1. The van der Waals surface area contributed by atoms with Gasteiger partial charge in [0.25, 0.3) is 0 Å². The Morgan fingerprint density at radius 3 is 1.93 bits per heavy atom. The molecular weight excluding hydrogens is 538 g/mol. The van der Waals surface area contributed by atoms with E-state index in [9.17, 15) is 9.59 Å². The van der Waals surface area contributed by atoms with E-state index in [4.69, 9.17) is 22.3 Å². The summed E-state index contributed by atoms with van der Waals surface area (Å²) in [5.74, 6) is 0.754. The van der Waals surface area contributed by atoms with Crippen molar-refractivity contribution in [2.45, 2.75) is 89.5 Å². The number of likely N-dealkylation sites (tertiary alicyclic amines) is 1. The molecule has 1 aliphatic heterocycles. The summed E-state index contributed by atoms with van der Waals surface area (Å²) >= 11 is 0. The van der Waals surface area contributed by atoms with E-state index in [1.54, 1.807) is 0 Å². The van der Waals surface area contributed by atoms with Crippen LogP contribution in [-0.4, -0.2) is 54.2 Å². The van der Waals surface area contributed by atoms with Crippen LogP contribution in [0, 0.1) is 34.5 Å². The number of nitrogens with zero attached hydrogens (tertiary/aromatic N) is 1. The predicted molar refractivity (Wildman–Crippen MR) is 166 cm³/mol. The molecule has 0 spiro atoms. The molecule has 1 aromatic carbocycles. The Morgan fingerprint density at radius 1 is 0.829 bits per heavy atom. The molecule has 10 heteroatoms. The van der Waals surface area contributed by atoms with E-state index in [-0.39, 0.29) is 47.9 Å². The molecule has 2 aliphatic carbocycles. The summed E-state index contributed by atoms with van der Waals surface area (Å²) in [6, 6.07) is 7.15. The second kappa shape index (κ2) is 16.0. The van der Waals surface area contributed by atoms with E-state index in [1.165, 1.54) is 12.8 Å². The molecule has 4 rings (SSSR count). The zero-order chi connectivity index (χ0) is 28.5. The molecule has 0 bridgehead atoms. The van der Waals surface area contributed by atoms with E-state index in [2.05, 4.69) is 10.6 Å². The normalized spacial score (nSPS) is 20.3. The summed E-state index contributed by atoms with van der Waals surface area (Å²) in [6.07, 6.45) is 13.3. The summed E-state index contributed by atoms with van der Waals surface area (Å²) in [6.45, 7) is 2.09. The number of carbonyl (C=O) groups is 2. The monoisotopic (exact) mass is 587 g/mol. The van der Waals surface area contributed by atoms with Gasteiger partial charge in [-0.3, -0.25) is 20.4 Å². The number of nitrogens with two attached hydrogens (primary N) is 2. The minimum Gasteiger partial charge on any atom is -0.384 e. The Labute approximate surface area is 251 Å². The first-order valence-electron chi connectivity index (χ1n) is 15.4. The molecule has 2 atom stereocenters. The average molecular weight is 588 g/mol. The van der Waals surface area contributed by atoms with Crippen molar-refractivity contribution in [3.05, 3.63) is 35.4 Å². The summed E-state index contributed by atoms with van der Waals surface area (Å²) in [4.78, 5) is 29.5. The minimum atomic E-state index is -0.503. The highest BCUT2D eigenvalue weighted by molar-refractivity contribution is 5.95. The third-order valence-electron chi connectivity index (χ3n) is 9.50. The lowest BCUT2D eigenvalue weighted by Crippen LogP contribution is -2.54. The van der Waals surface area contributed by atoms with Crippen molar-refractivity contribution in [1.82, 2.24) is 15.5 Å². The Kier molecular flexibility index (Phi) is 12.8. The first-order valence-corrected chi connectivity index (χ1v) is 15.4. The van der Waals surface area contributed by atoms with Crippen molar-refractivity contribution in [3.8, 4) is 0 Å². The van der Waals surface area contributed by atoms with Gasteiger partial charge in [0.2, 0.25) is 11.8 Å². The maximum absolute atomic E-state index is 14.0. The zero-order valence-electron chi connectivity index (χ0n) is 24.3. The molecule has 8 N–H and O–H groups in total. The molecule has 3 aliphatic rings. The van der Waals surface area contributed by atoms with E-state index in [1.807, 2.05) is 29.2 Å². The number of rotatable bonds is 10. The summed E-state index contributed by atoms with van der Waals surface area (Å²) in [5.41, 5.74) is 13.0. The van der Waals surface area contributed by atoms with Gasteiger partial charge < -0.3 is 27.0 Å². The Hall–Kier alpha value is -2.81. The lowest BCUT2D eigenvalue weighted by Gasteiger charge is -2.35. The highest BCUT2D eigenvalue weighted by atomic mass is 35.5. The van der Waals surface area contributed by atoms with Gasteiger partial charge >= 0.3 is 0 Å². The molecule has 2 amide bonds. The molecule has 0 radical (unpaired) electrons. The van der Waals surface area contributed by atoms with E-state index in [0.717, 1.165) is 82.9 Å². The minimum absolute atomic E-state index is 0. The van der Waals surface area contributed by atoms with Crippen LogP contribution in [0.3, 0.4) is 0 Å². The van der Waals surface area contributed by atoms with Crippen LogP contribution in [-0.2, 0) is 16.0 Å². The number of hydrogen-bond donors (Lipinski definition) is 6. The number of nitrogens with one attached hydrogen (secondary N) is 4. The smallest absolute Gasteiger partial charge is 0.242 e. The SMILES string of the molecule is Cl.N=C(N)c1ccc(CC(C(=O)N[C@H](C(=O)NCC2CCN(C(=N)N)CC2)C2CCCCC2)C2CCCCC2)cc1. The van der Waals surface area contributed by atoms with Crippen LogP contribution >= 0.6 is 12.4 Å². The molecule has 9 nitrogen and oxygen atoms in total. The summed E-state index contributed by atoms with van der Waals surface area (Å²) < 4.78 is 0. The van der Waals surface area contributed by atoms with Crippen LogP contribution < -0.4 is 22.1 Å². The van der Waals surface area contributed by atoms with Crippen molar-refractivity contribution in [3.63, 3.8) is 0 Å². The molecule has 1 aromatic rings. The van der Waals surface area contributed by atoms with Crippen LogP contribution in [0.5, 0.6) is 0 Å². The van der Waals surface area contributed by atoms with E-state index < -0.39 is 6.04 Å². The van der Waals surface area contributed by atoms with E-state index >= 15 is 0 Å². The van der Waals surface area contributed by atoms with Crippen molar-refractivity contribution in [2.75, 3.05) is 19.6 Å². The van der Waals surface area contributed by atoms with Gasteiger partial charge in [0.1, 0.15) is 11.9 Å². The standard InChI is InChI=1S/C31H49N7O2.ClH/c32-28(33)25-13-11-21(12-14-25)19-26(23-7-3-1-4-8-23)29(39)37-27(24-9-5-2-6-10-24)30(40)36-20-22-15-17-38(18-16-22)31(34)35;/h11-14,22-24,26-27H,1-10,15-20H2,(H3,32,33)(H3,34,35)(H,36,40)(H,37,39);1H/t26?,27-;/m0./s1. The molecule has 3 fully saturated rings. The van der Waals surface area contributed by atoms with Crippen LogP contribution in [0.1, 0.15) is 88.2 Å². The maximum atomic E-state index is 14.0. The van der Waals surface area contributed by atoms with E-state index in [0.29, 0.717) is 30.4 Å². The molecule has 1 heterocycles. The van der Waals surface area contributed by atoms with Gasteiger partial charge in [0, 0.05) is 31.1 Å². The number of hydrogen-bond acceptors (Lipinski definition) is 4. The van der Waals surface area contributed by atoms with Crippen molar-refractivity contribution in [2.24, 2.45) is 35.1 Å². The van der Waals surface area contributed by atoms with Crippen molar-refractivity contribution >= 4 is 36.0 Å². The second-order valence-electron chi connectivity index (χ2n) is 12.3. The molecule has 1 unspecified atom stereocenters. The second-order valence-corrected chi connectivity index (χ2v) is 12.3. The van der Waals surface area contributed by atoms with Gasteiger partial charge in [0.15, 0.2) is 5.96 Å². The fraction of sp³-hybridized carbons (Fsp3) is 0.677. The van der Waals surface area contributed by atoms with Crippen LogP contribution in [0.2, 0.25) is 0 Å². The molecular formula is C31H50ClN7O2. The number of piperidine rings is 1. The number of amides is 2. The number of amidine groups is 1. The lowest BCUT2D eigenvalue weighted by atomic mass is 9.76. The van der Waals surface area contributed by atoms with Crippen molar-refractivity contribution in [1.29, 1.82) is 10.8 Å². The first-order chi connectivity index (χ1) is 19.3. The number of halogens is 1. The Morgan fingerprint density at radius 2 is 1.39 bits per heavy atom. The highest BCUT2D eigenvalue weighted by Crippen LogP contribution is 2.33. The van der Waals surface area contributed by atoms with Gasteiger partial charge in [-0.2, -0.15) is 0 Å². The largest absolute Gasteiger partial charge is 0.384 e.